The van der Waals surface area contributed by atoms with Gasteiger partial charge in [0.05, 0.1) is 6.20 Å². The normalized spacial score (nSPS) is 11.5. The summed E-state index contributed by atoms with van der Waals surface area (Å²) in [5.41, 5.74) is 3.17. The molecule has 1 heterocycles. The monoisotopic (exact) mass is 397 g/mol. The van der Waals surface area contributed by atoms with E-state index in [-0.39, 0.29) is 0 Å². The van der Waals surface area contributed by atoms with Crippen LogP contribution in [-0.2, 0) is 4.74 Å². The van der Waals surface area contributed by atoms with E-state index >= 15 is 0 Å². The fourth-order valence-electron chi connectivity index (χ4n) is 1.57. The molecule has 0 aliphatic carbocycles. The standard InChI is InChI=1S/C16H24BrN3O2Si/c1-8-20(15(21)22-16(2,3)4)14-12(9-10-23(5,6)7)19-13(17)11-18-14/h11H,8H2,1-7H3. The number of amides is 1. The van der Waals surface area contributed by atoms with Crippen molar-refractivity contribution in [1.29, 1.82) is 0 Å². The number of carbonyl (C=O) groups is 1. The molecule has 1 aromatic rings. The zero-order chi connectivity index (χ0) is 17.8. The zero-order valence-electron chi connectivity index (χ0n) is 14.8. The number of anilines is 1. The first-order valence-electron chi connectivity index (χ1n) is 7.49. The third kappa shape index (κ3) is 6.71. The Balaban J connectivity index is 3.28. The maximum atomic E-state index is 12.4. The van der Waals surface area contributed by atoms with E-state index in [4.69, 9.17) is 4.74 Å². The van der Waals surface area contributed by atoms with Crippen molar-refractivity contribution < 1.29 is 9.53 Å². The summed E-state index contributed by atoms with van der Waals surface area (Å²) in [5.74, 6) is 3.51. The molecule has 0 unspecified atom stereocenters. The van der Waals surface area contributed by atoms with Crippen LogP contribution in [0.4, 0.5) is 10.6 Å². The summed E-state index contributed by atoms with van der Waals surface area (Å²) in [7, 11) is -1.57. The Kier molecular flexibility index (Phi) is 6.37. The van der Waals surface area contributed by atoms with Gasteiger partial charge in [-0.15, -0.1) is 5.54 Å². The number of ether oxygens (including phenoxy) is 1. The SMILES string of the molecule is CCN(C(=O)OC(C)(C)C)c1ncc(Br)nc1C#C[Si](C)(C)C. The summed E-state index contributed by atoms with van der Waals surface area (Å²) >= 11 is 3.31. The Morgan fingerprint density at radius 2 is 2.00 bits per heavy atom. The van der Waals surface area contributed by atoms with Gasteiger partial charge >= 0.3 is 6.09 Å². The molecule has 5 nitrogen and oxygen atoms in total. The molecule has 0 atom stereocenters. The average Bonchev–Trinajstić information content (AvgIpc) is 2.36. The fraction of sp³-hybridized carbons (Fsp3) is 0.562. The van der Waals surface area contributed by atoms with Crippen molar-refractivity contribution in [2.45, 2.75) is 52.9 Å². The molecule has 1 rings (SSSR count). The zero-order valence-corrected chi connectivity index (χ0v) is 17.4. The van der Waals surface area contributed by atoms with Crippen molar-refractivity contribution in [3.8, 4) is 11.5 Å². The second kappa shape index (κ2) is 7.45. The van der Waals surface area contributed by atoms with Crippen LogP contribution in [0.25, 0.3) is 0 Å². The van der Waals surface area contributed by atoms with Crippen LogP contribution in [0.3, 0.4) is 0 Å². The number of carbonyl (C=O) groups excluding carboxylic acids is 1. The summed E-state index contributed by atoms with van der Waals surface area (Å²) < 4.78 is 6.03. The number of rotatable bonds is 2. The first kappa shape index (κ1) is 19.7. The molecular weight excluding hydrogens is 374 g/mol. The number of aromatic nitrogens is 2. The first-order valence-corrected chi connectivity index (χ1v) is 11.8. The molecule has 0 fully saturated rings. The van der Waals surface area contributed by atoms with E-state index in [1.807, 2.05) is 27.7 Å². The highest BCUT2D eigenvalue weighted by atomic mass is 79.9. The minimum absolute atomic E-state index is 0.423. The molecule has 0 radical (unpaired) electrons. The van der Waals surface area contributed by atoms with Gasteiger partial charge in [0.25, 0.3) is 0 Å². The van der Waals surface area contributed by atoms with E-state index in [0.29, 0.717) is 22.7 Å². The summed E-state index contributed by atoms with van der Waals surface area (Å²) in [5, 5.41) is 0. The van der Waals surface area contributed by atoms with Crippen LogP contribution < -0.4 is 4.90 Å². The number of halogens is 1. The van der Waals surface area contributed by atoms with E-state index in [2.05, 4.69) is 57.0 Å². The smallest absolute Gasteiger partial charge is 0.416 e. The quantitative estimate of drug-likeness (QED) is 0.553. The van der Waals surface area contributed by atoms with Gasteiger partial charge in [-0.2, -0.15) is 0 Å². The minimum Gasteiger partial charge on any atom is -0.443 e. The van der Waals surface area contributed by atoms with Crippen molar-refractivity contribution in [2.24, 2.45) is 0 Å². The molecule has 0 saturated heterocycles. The van der Waals surface area contributed by atoms with Crippen LogP contribution in [0.2, 0.25) is 19.6 Å². The minimum atomic E-state index is -1.57. The molecule has 7 heteroatoms. The van der Waals surface area contributed by atoms with E-state index in [0.717, 1.165) is 0 Å². The highest BCUT2D eigenvalue weighted by molar-refractivity contribution is 9.10. The lowest BCUT2D eigenvalue weighted by atomic mass is 10.2. The van der Waals surface area contributed by atoms with Crippen molar-refractivity contribution in [1.82, 2.24) is 9.97 Å². The van der Waals surface area contributed by atoms with Gasteiger partial charge in [0, 0.05) is 6.54 Å². The molecule has 0 aromatic carbocycles. The lowest BCUT2D eigenvalue weighted by Gasteiger charge is -2.26. The number of nitrogens with zero attached hydrogens (tertiary/aromatic N) is 3. The van der Waals surface area contributed by atoms with Crippen molar-refractivity contribution in [2.75, 3.05) is 11.4 Å². The van der Waals surface area contributed by atoms with E-state index in [9.17, 15) is 4.79 Å². The van der Waals surface area contributed by atoms with Gasteiger partial charge in [-0.3, -0.25) is 4.90 Å². The molecule has 126 valence electrons. The van der Waals surface area contributed by atoms with Gasteiger partial charge in [0.15, 0.2) is 11.5 Å². The summed E-state index contributed by atoms with van der Waals surface area (Å²) in [6.45, 7) is 14.2. The van der Waals surface area contributed by atoms with Gasteiger partial charge in [-0.25, -0.2) is 14.8 Å². The van der Waals surface area contributed by atoms with Crippen molar-refractivity contribution in [3.05, 3.63) is 16.5 Å². The fourth-order valence-corrected chi connectivity index (χ4v) is 2.34. The molecule has 0 saturated carbocycles. The molecule has 0 aliphatic heterocycles. The summed E-state index contributed by atoms with van der Waals surface area (Å²) in [6, 6.07) is 0. The lowest BCUT2D eigenvalue weighted by molar-refractivity contribution is 0.0581. The molecular formula is C16H24BrN3O2Si. The van der Waals surface area contributed by atoms with E-state index in [1.54, 1.807) is 6.20 Å². The molecule has 0 bridgehead atoms. The van der Waals surface area contributed by atoms with Crippen LogP contribution >= 0.6 is 15.9 Å². The summed E-state index contributed by atoms with van der Waals surface area (Å²) in [6.07, 6.45) is 1.11. The second-order valence-corrected chi connectivity index (χ2v) is 12.7. The molecule has 0 aliphatic rings. The molecule has 23 heavy (non-hydrogen) atoms. The topological polar surface area (TPSA) is 55.3 Å². The first-order chi connectivity index (χ1) is 10.4. The highest BCUT2D eigenvalue weighted by Gasteiger charge is 2.25. The largest absolute Gasteiger partial charge is 0.443 e. The maximum absolute atomic E-state index is 12.4. The van der Waals surface area contributed by atoms with Crippen LogP contribution in [-0.4, -0.2) is 36.3 Å². The second-order valence-electron chi connectivity index (χ2n) is 7.09. The predicted molar refractivity (Wildman–Crippen MR) is 99.2 cm³/mol. The van der Waals surface area contributed by atoms with Gasteiger partial charge in [0.2, 0.25) is 0 Å². The Hall–Kier alpha value is -1.39. The van der Waals surface area contributed by atoms with Gasteiger partial charge in [-0.05, 0) is 43.6 Å². The van der Waals surface area contributed by atoms with Crippen LogP contribution in [0, 0.1) is 11.5 Å². The van der Waals surface area contributed by atoms with E-state index in [1.165, 1.54) is 4.90 Å². The van der Waals surface area contributed by atoms with Gasteiger partial charge < -0.3 is 4.74 Å². The summed E-state index contributed by atoms with van der Waals surface area (Å²) in [4.78, 5) is 22.6. The predicted octanol–water partition coefficient (Wildman–Crippen LogP) is 4.23. The van der Waals surface area contributed by atoms with Crippen LogP contribution in [0.15, 0.2) is 10.8 Å². The Labute approximate surface area is 148 Å². The molecule has 0 spiro atoms. The number of hydrogen-bond acceptors (Lipinski definition) is 4. The van der Waals surface area contributed by atoms with Gasteiger partial charge in [-0.1, -0.05) is 25.6 Å². The van der Waals surface area contributed by atoms with Crippen molar-refractivity contribution >= 4 is 35.9 Å². The molecule has 1 aromatic heterocycles. The van der Waals surface area contributed by atoms with E-state index < -0.39 is 19.8 Å². The van der Waals surface area contributed by atoms with Crippen LogP contribution in [0.1, 0.15) is 33.4 Å². The van der Waals surface area contributed by atoms with Crippen molar-refractivity contribution in [3.63, 3.8) is 0 Å². The lowest BCUT2D eigenvalue weighted by Crippen LogP contribution is -2.37. The Morgan fingerprint density at radius 1 is 1.39 bits per heavy atom. The maximum Gasteiger partial charge on any atom is 0.416 e. The molecule has 0 N–H and O–H groups in total. The third-order valence-corrected chi connectivity index (χ3v) is 3.72. The van der Waals surface area contributed by atoms with Gasteiger partial charge in [0.1, 0.15) is 18.3 Å². The molecule has 1 amide bonds. The number of hydrogen-bond donors (Lipinski definition) is 0. The highest BCUT2D eigenvalue weighted by Crippen LogP contribution is 2.20. The Morgan fingerprint density at radius 3 is 2.48 bits per heavy atom. The third-order valence-electron chi connectivity index (χ3n) is 2.47. The van der Waals surface area contributed by atoms with Crippen LogP contribution in [0.5, 0.6) is 0 Å². The average molecular weight is 398 g/mol. The Bertz CT molecular complexity index is 639.